The van der Waals surface area contributed by atoms with Crippen molar-refractivity contribution in [3.8, 4) is 0 Å². The topological polar surface area (TPSA) is 162 Å². The molecule has 0 spiro atoms. The molecule has 4 saturated heterocycles. The highest BCUT2D eigenvalue weighted by Gasteiger charge is 2.69. The van der Waals surface area contributed by atoms with Gasteiger partial charge in [0.2, 0.25) is 0 Å². The van der Waals surface area contributed by atoms with Gasteiger partial charge in [0.25, 0.3) is 11.8 Å². The van der Waals surface area contributed by atoms with Crippen molar-refractivity contribution in [3.05, 3.63) is 59.7 Å². The maximum Gasteiger partial charge on any atom is 0.260 e. The number of benzene rings is 2. The molecule has 0 radical (unpaired) electrons. The lowest BCUT2D eigenvalue weighted by atomic mass is 9.95. The van der Waals surface area contributed by atoms with E-state index in [1.54, 1.807) is 47.9 Å². The van der Waals surface area contributed by atoms with Gasteiger partial charge in [0, 0.05) is 0 Å². The highest BCUT2D eigenvalue weighted by Crippen LogP contribution is 2.55. The summed E-state index contributed by atoms with van der Waals surface area (Å²) in [6.45, 7) is 7.10. The Hall–Kier alpha value is -3.30. The molecule has 6 rings (SSSR count). The van der Waals surface area contributed by atoms with Crippen molar-refractivity contribution < 1.29 is 44.6 Å². The standard InChI is InChI=1S/C26H30N4O9/c1-13-21-28(24(32)26(4)20(39-26)16-7-11-18(12-8-16)30(35)36)14(2)22(37-21)27(13)23(31)25(3)19(38-25)15-5-9-17(10-6-15)29(33)34/h5-14,19-22,33-36H,1-4H3/t13-,14-,19-,20-,21-,22-,25+,26+/m1/s1. The van der Waals surface area contributed by atoms with Gasteiger partial charge >= 0.3 is 0 Å². The van der Waals surface area contributed by atoms with Crippen LogP contribution in [-0.4, -0.2) is 78.2 Å². The lowest BCUT2D eigenvalue weighted by Crippen LogP contribution is -2.62. The van der Waals surface area contributed by atoms with E-state index in [9.17, 15) is 9.59 Å². The lowest BCUT2D eigenvalue weighted by molar-refractivity contribution is -0.151. The second-order valence-corrected chi connectivity index (χ2v) is 10.8. The van der Waals surface area contributed by atoms with E-state index < -0.39 is 47.9 Å². The summed E-state index contributed by atoms with van der Waals surface area (Å²) in [5.41, 5.74) is -0.417. The van der Waals surface area contributed by atoms with Crippen molar-refractivity contribution in [2.24, 2.45) is 0 Å². The van der Waals surface area contributed by atoms with Crippen LogP contribution in [0.15, 0.2) is 48.5 Å². The Labute approximate surface area is 223 Å². The number of epoxide rings is 2. The van der Waals surface area contributed by atoms with Crippen LogP contribution in [0.3, 0.4) is 0 Å². The molecular weight excluding hydrogens is 512 g/mol. The quantitative estimate of drug-likeness (QED) is 0.313. The van der Waals surface area contributed by atoms with Crippen LogP contribution in [-0.2, 0) is 23.8 Å². The summed E-state index contributed by atoms with van der Waals surface area (Å²) < 4.78 is 17.9. The number of hydrogen-bond donors (Lipinski definition) is 4. The van der Waals surface area contributed by atoms with Crippen LogP contribution < -0.4 is 10.5 Å². The number of ether oxygens (including phenoxy) is 3. The minimum Gasteiger partial charge on any atom is -0.351 e. The van der Waals surface area contributed by atoms with Crippen LogP contribution in [0, 0.1) is 0 Å². The second kappa shape index (κ2) is 8.60. The van der Waals surface area contributed by atoms with E-state index in [1.165, 1.54) is 24.3 Å². The summed E-state index contributed by atoms with van der Waals surface area (Å²) in [5.74, 6) is -0.481. The highest BCUT2D eigenvalue weighted by atomic mass is 16.8. The van der Waals surface area contributed by atoms with Crippen LogP contribution >= 0.6 is 0 Å². The highest BCUT2D eigenvalue weighted by molar-refractivity contribution is 5.92. The zero-order valence-corrected chi connectivity index (χ0v) is 21.7. The van der Waals surface area contributed by atoms with Gasteiger partial charge < -0.3 is 24.0 Å². The molecule has 4 aliphatic heterocycles. The van der Waals surface area contributed by atoms with Crippen molar-refractivity contribution in [2.75, 3.05) is 10.5 Å². The predicted octanol–water partition coefficient (Wildman–Crippen LogP) is 2.35. The average Bonchev–Trinajstić information content (AvgIpc) is 3.73. The Morgan fingerprint density at radius 3 is 1.33 bits per heavy atom. The minimum absolute atomic E-state index is 0.0160. The molecular formula is C26H30N4O9. The number of piperazine rings is 1. The van der Waals surface area contributed by atoms with E-state index in [0.717, 1.165) is 11.1 Å². The fraction of sp³-hybridized carbons (Fsp3) is 0.462. The molecule has 208 valence electrons. The molecule has 39 heavy (non-hydrogen) atoms. The van der Waals surface area contributed by atoms with Gasteiger partial charge in [-0.1, -0.05) is 24.3 Å². The second-order valence-electron chi connectivity index (χ2n) is 10.8. The smallest absolute Gasteiger partial charge is 0.260 e. The summed E-state index contributed by atoms with van der Waals surface area (Å²) in [6.07, 6.45) is -2.30. The Kier molecular flexibility index (Phi) is 5.72. The molecule has 13 heteroatoms. The number of fused-ring (bicyclic) bond motifs is 2. The molecule has 4 fully saturated rings. The first-order valence-electron chi connectivity index (χ1n) is 12.6. The summed E-state index contributed by atoms with van der Waals surface area (Å²) >= 11 is 0. The Morgan fingerprint density at radius 1 is 0.692 bits per heavy atom. The maximum atomic E-state index is 13.7. The normalized spacial score (nSPS) is 36.2. The zero-order chi connectivity index (χ0) is 28.0. The first-order valence-corrected chi connectivity index (χ1v) is 12.6. The molecule has 4 heterocycles. The molecule has 8 atom stereocenters. The fourth-order valence-electron chi connectivity index (χ4n) is 5.90. The third-order valence-corrected chi connectivity index (χ3v) is 8.31. The number of anilines is 2. The van der Waals surface area contributed by atoms with Crippen LogP contribution in [0.25, 0.3) is 0 Å². The van der Waals surface area contributed by atoms with Crippen molar-refractivity contribution in [2.45, 2.75) is 75.6 Å². The fourth-order valence-corrected chi connectivity index (χ4v) is 5.90. The van der Waals surface area contributed by atoms with E-state index in [-0.39, 0.29) is 33.6 Å². The Balaban J connectivity index is 1.15. The third-order valence-electron chi connectivity index (χ3n) is 8.31. The largest absolute Gasteiger partial charge is 0.351 e. The van der Waals surface area contributed by atoms with E-state index in [1.807, 2.05) is 13.8 Å². The van der Waals surface area contributed by atoms with Gasteiger partial charge in [-0.3, -0.25) is 30.4 Å². The van der Waals surface area contributed by atoms with Crippen LogP contribution in [0.5, 0.6) is 0 Å². The summed E-state index contributed by atoms with van der Waals surface area (Å²) in [4.78, 5) is 30.7. The average molecular weight is 543 g/mol. The lowest BCUT2D eigenvalue weighted by Gasteiger charge is -2.41. The van der Waals surface area contributed by atoms with Crippen LogP contribution in [0.4, 0.5) is 11.4 Å². The number of amides is 2. The SMILES string of the molecule is C[C@@H]1[C@H]2O[C@H]([C@@H](C)N2C(=O)[C@@]2(C)O[C@@H]2c2ccc(N(O)O)cc2)N1C(=O)[C@@]1(C)O[C@@H]1c1ccc(N(O)O)cc1. The van der Waals surface area contributed by atoms with Gasteiger partial charge in [0.1, 0.15) is 12.2 Å². The van der Waals surface area contributed by atoms with E-state index in [2.05, 4.69) is 0 Å². The molecule has 0 saturated carbocycles. The van der Waals surface area contributed by atoms with Gasteiger partial charge in [0.05, 0.1) is 23.5 Å². The molecule has 4 N–H and O–H groups in total. The van der Waals surface area contributed by atoms with Crippen molar-refractivity contribution in [3.63, 3.8) is 0 Å². The Bertz CT molecular complexity index is 1210. The third kappa shape index (κ3) is 3.81. The van der Waals surface area contributed by atoms with Gasteiger partial charge in [-0.15, -0.1) is 10.5 Å². The molecule has 2 aromatic carbocycles. The summed E-state index contributed by atoms with van der Waals surface area (Å²) in [7, 11) is 0. The zero-order valence-electron chi connectivity index (χ0n) is 21.7. The molecule has 13 nitrogen and oxygen atoms in total. The number of carbonyl (C=O) groups excluding carboxylic acids is 2. The maximum absolute atomic E-state index is 13.7. The summed E-state index contributed by atoms with van der Waals surface area (Å²) in [5, 5.41) is 36.7. The number of nitrogens with zero attached hydrogens (tertiary/aromatic N) is 4. The van der Waals surface area contributed by atoms with Crippen molar-refractivity contribution in [1.29, 1.82) is 0 Å². The van der Waals surface area contributed by atoms with Crippen molar-refractivity contribution in [1.82, 2.24) is 9.80 Å². The predicted molar refractivity (Wildman–Crippen MR) is 131 cm³/mol. The van der Waals surface area contributed by atoms with E-state index in [0.29, 0.717) is 0 Å². The molecule has 0 aromatic heterocycles. The first kappa shape index (κ1) is 26.0. The van der Waals surface area contributed by atoms with Gasteiger partial charge in [-0.05, 0) is 63.1 Å². The van der Waals surface area contributed by atoms with Crippen LogP contribution in [0.2, 0.25) is 0 Å². The minimum atomic E-state index is -1.11. The number of carbonyl (C=O) groups is 2. The summed E-state index contributed by atoms with van der Waals surface area (Å²) in [6, 6.07) is 11.8. The van der Waals surface area contributed by atoms with Gasteiger partial charge in [-0.25, -0.2) is 0 Å². The van der Waals surface area contributed by atoms with Crippen molar-refractivity contribution >= 4 is 23.2 Å². The van der Waals surface area contributed by atoms with E-state index in [4.69, 9.17) is 35.0 Å². The van der Waals surface area contributed by atoms with Gasteiger partial charge in [0.15, 0.2) is 23.7 Å². The van der Waals surface area contributed by atoms with Gasteiger partial charge in [-0.2, -0.15) is 0 Å². The monoisotopic (exact) mass is 542 g/mol. The molecule has 2 amide bonds. The first-order chi connectivity index (χ1) is 18.4. The van der Waals surface area contributed by atoms with E-state index >= 15 is 0 Å². The molecule has 4 aliphatic rings. The van der Waals surface area contributed by atoms with Crippen LogP contribution in [0.1, 0.15) is 51.0 Å². The molecule has 2 aromatic rings. The molecule has 2 bridgehead atoms. The number of rotatable bonds is 6. The molecule has 0 aliphatic carbocycles. The molecule has 0 unspecified atom stereocenters. The number of hydrogen-bond acceptors (Lipinski definition) is 11. The Morgan fingerprint density at radius 2 is 1.03 bits per heavy atom.